The molecule has 2 aliphatic rings. The van der Waals surface area contributed by atoms with Crippen molar-refractivity contribution in [2.24, 2.45) is 11.8 Å². The minimum atomic E-state index is -4.75. The highest BCUT2D eigenvalue weighted by molar-refractivity contribution is 5.87. The highest BCUT2D eigenvalue weighted by Gasteiger charge is 2.54. The molecule has 7 nitrogen and oxygen atoms in total. The molecule has 10 heteroatoms. The van der Waals surface area contributed by atoms with Gasteiger partial charge in [0.25, 0.3) is 0 Å². The summed E-state index contributed by atoms with van der Waals surface area (Å²) in [5, 5.41) is 11.6. The number of carbonyl (C=O) groups is 3. The molecule has 0 radical (unpaired) electrons. The van der Waals surface area contributed by atoms with Crippen LogP contribution in [0.3, 0.4) is 0 Å². The van der Waals surface area contributed by atoms with Crippen LogP contribution >= 0.6 is 0 Å². The number of amides is 2. The van der Waals surface area contributed by atoms with Gasteiger partial charge in [0.05, 0.1) is 11.8 Å². The summed E-state index contributed by atoms with van der Waals surface area (Å²) >= 11 is 0. The molecule has 4 rings (SSSR count). The van der Waals surface area contributed by atoms with Gasteiger partial charge in [-0.05, 0) is 28.7 Å². The zero-order valence-electron chi connectivity index (χ0n) is 18.9. The van der Waals surface area contributed by atoms with E-state index in [0.29, 0.717) is 0 Å². The van der Waals surface area contributed by atoms with Crippen LogP contribution in [0.4, 0.5) is 18.0 Å². The van der Waals surface area contributed by atoms with E-state index in [0.717, 1.165) is 27.2 Å². The number of carboxylic acids is 1. The smallest absolute Gasteiger partial charge is 0.407 e. The van der Waals surface area contributed by atoms with Gasteiger partial charge in [0, 0.05) is 19.0 Å². The predicted octanol–water partition coefficient (Wildman–Crippen LogP) is 4.03. The number of alkyl carbamates (subject to hydrolysis) is 1. The third-order valence-corrected chi connectivity index (χ3v) is 6.71. The SMILES string of the molecule is CCC(NC(=O)OCC1c2ccccc2-c2ccccc21)C(=O)N1C[C@H](C(=O)O)[C@@H](C(F)(F)F)C1. The maximum absolute atomic E-state index is 13.3. The molecule has 2 aromatic rings. The third-order valence-electron chi connectivity index (χ3n) is 6.71. The molecule has 2 aromatic carbocycles. The van der Waals surface area contributed by atoms with Gasteiger partial charge in [-0.15, -0.1) is 0 Å². The summed E-state index contributed by atoms with van der Waals surface area (Å²) in [6.45, 7) is 0.285. The molecular formula is C25H25F3N2O5. The molecule has 1 aliphatic carbocycles. The molecule has 0 bridgehead atoms. The first-order valence-electron chi connectivity index (χ1n) is 11.3. The van der Waals surface area contributed by atoms with E-state index in [2.05, 4.69) is 5.32 Å². The maximum Gasteiger partial charge on any atom is 0.407 e. The van der Waals surface area contributed by atoms with Crippen LogP contribution in [0.1, 0.15) is 30.4 Å². The highest BCUT2D eigenvalue weighted by atomic mass is 19.4. The molecular weight excluding hydrogens is 465 g/mol. The monoisotopic (exact) mass is 490 g/mol. The Morgan fingerprint density at radius 2 is 1.63 bits per heavy atom. The molecule has 1 unspecified atom stereocenters. The predicted molar refractivity (Wildman–Crippen MR) is 120 cm³/mol. The van der Waals surface area contributed by atoms with Gasteiger partial charge < -0.3 is 20.1 Å². The Kier molecular flexibility index (Phi) is 6.73. The molecule has 0 spiro atoms. The van der Waals surface area contributed by atoms with Crippen molar-refractivity contribution in [3.63, 3.8) is 0 Å². The van der Waals surface area contributed by atoms with E-state index < -0.39 is 55.1 Å². The van der Waals surface area contributed by atoms with E-state index >= 15 is 0 Å². The first-order valence-corrected chi connectivity index (χ1v) is 11.3. The largest absolute Gasteiger partial charge is 0.481 e. The Hall–Kier alpha value is -3.56. The Morgan fingerprint density at radius 1 is 1.06 bits per heavy atom. The van der Waals surface area contributed by atoms with Crippen molar-refractivity contribution in [2.75, 3.05) is 19.7 Å². The standard InChI is InChI=1S/C25H25F3N2O5/c1-2-21(22(31)30-11-18(23(32)33)20(12-30)25(26,27)28)29-24(34)35-13-19-16-9-5-3-7-14(16)15-8-4-6-10-17(15)19/h3-10,18-21H,2,11-13H2,1H3,(H,29,34)(H,32,33)/t18-,20-,21?/m0/s1. The molecule has 35 heavy (non-hydrogen) atoms. The number of ether oxygens (including phenoxy) is 1. The van der Waals surface area contributed by atoms with Crippen LogP contribution in [0.25, 0.3) is 11.1 Å². The van der Waals surface area contributed by atoms with E-state index in [1.54, 1.807) is 6.92 Å². The van der Waals surface area contributed by atoms with Gasteiger partial charge in [0.1, 0.15) is 12.6 Å². The third kappa shape index (κ3) is 4.82. The number of carboxylic acid groups (broad SMARTS) is 1. The number of fused-ring (bicyclic) bond motifs is 3. The van der Waals surface area contributed by atoms with Gasteiger partial charge in [-0.3, -0.25) is 9.59 Å². The summed E-state index contributed by atoms with van der Waals surface area (Å²) in [6, 6.07) is 14.4. The Bertz CT molecular complexity index is 1090. The fraction of sp³-hybridized carbons (Fsp3) is 0.400. The van der Waals surface area contributed by atoms with Crippen LogP contribution in [0, 0.1) is 11.8 Å². The Balaban J connectivity index is 1.40. The van der Waals surface area contributed by atoms with Gasteiger partial charge in [0.15, 0.2) is 0 Å². The van der Waals surface area contributed by atoms with E-state index in [-0.39, 0.29) is 18.9 Å². The number of nitrogens with one attached hydrogen (secondary N) is 1. The minimum Gasteiger partial charge on any atom is -0.481 e. The summed E-state index contributed by atoms with van der Waals surface area (Å²) in [7, 11) is 0. The number of benzene rings is 2. The van der Waals surface area contributed by atoms with Gasteiger partial charge >= 0.3 is 18.2 Å². The number of alkyl halides is 3. The van der Waals surface area contributed by atoms with E-state index in [1.807, 2.05) is 48.5 Å². The summed E-state index contributed by atoms with van der Waals surface area (Å²) in [5.41, 5.74) is 4.14. The van der Waals surface area contributed by atoms with Crippen molar-refractivity contribution in [3.8, 4) is 11.1 Å². The summed E-state index contributed by atoms with van der Waals surface area (Å²) in [5.74, 6) is -6.47. The number of halogens is 3. The molecule has 186 valence electrons. The lowest BCUT2D eigenvalue weighted by Crippen LogP contribution is -2.48. The lowest BCUT2D eigenvalue weighted by atomic mass is 9.96. The molecule has 3 atom stereocenters. The lowest BCUT2D eigenvalue weighted by molar-refractivity contribution is -0.188. The first-order chi connectivity index (χ1) is 16.6. The topological polar surface area (TPSA) is 95.9 Å². The second kappa shape index (κ2) is 9.59. The fourth-order valence-electron chi connectivity index (χ4n) is 4.91. The van der Waals surface area contributed by atoms with Crippen LogP contribution in [0.2, 0.25) is 0 Å². The van der Waals surface area contributed by atoms with E-state index in [9.17, 15) is 32.7 Å². The second-order valence-corrected chi connectivity index (χ2v) is 8.77. The normalized spacial score (nSPS) is 20.2. The molecule has 1 aliphatic heterocycles. The van der Waals surface area contributed by atoms with Crippen molar-refractivity contribution in [1.82, 2.24) is 10.2 Å². The number of rotatable bonds is 6. The van der Waals surface area contributed by atoms with E-state index in [1.165, 1.54) is 0 Å². The zero-order chi connectivity index (χ0) is 25.3. The number of likely N-dealkylation sites (tertiary alicyclic amines) is 1. The van der Waals surface area contributed by atoms with Crippen molar-refractivity contribution in [2.45, 2.75) is 31.5 Å². The number of nitrogens with zero attached hydrogens (tertiary/aromatic N) is 1. The van der Waals surface area contributed by atoms with Crippen LogP contribution in [0.15, 0.2) is 48.5 Å². The minimum absolute atomic E-state index is 0.0193. The van der Waals surface area contributed by atoms with Crippen LogP contribution < -0.4 is 5.32 Å². The average Bonchev–Trinajstić information content (AvgIpc) is 3.42. The number of aliphatic carboxylic acids is 1. The highest BCUT2D eigenvalue weighted by Crippen LogP contribution is 2.44. The number of hydrogen-bond acceptors (Lipinski definition) is 4. The Morgan fingerprint density at radius 3 is 2.11 bits per heavy atom. The Labute approximate surface area is 199 Å². The second-order valence-electron chi connectivity index (χ2n) is 8.77. The quantitative estimate of drug-likeness (QED) is 0.638. The first kappa shape index (κ1) is 24.6. The fourth-order valence-corrected chi connectivity index (χ4v) is 4.91. The van der Waals surface area contributed by atoms with Crippen molar-refractivity contribution in [3.05, 3.63) is 59.7 Å². The molecule has 2 N–H and O–H groups in total. The zero-order valence-corrected chi connectivity index (χ0v) is 18.9. The molecule has 1 fully saturated rings. The van der Waals surface area contributed by atoms with Crippen LogP contribution in [0.5, 0.6) is 0 Å². The number of hydrogen-bond donors (Lipinski definition) is 2. The van der Waals surface area contributed by atoms with Gasteiger partial charge in [-0.1, -0.05) is 55.5 Å². The van der Waals surface area contributed by atoms with Gasteiger partial charge in [-0.2, -0.15) is 13.2 Å². The molecule has 1 heterocycles. The maximum atomic E-state index is 13.3. The summed E-state index contributed by atoms with van der Waals surface area (Å²) < 4.78 is 45.2. The van der Waals surface area contributed by atoms with Crippen molar-refractivity contribution in [1.29, 1.82) is 0 Å². The molecule has 0 aromatic heterocycles. The summed E-state index contributed by atoms with van der Waals surface area (Å²) in [4.78, 5) is 37.5. The molecule has 1 saturated heterocycles. The number of carbonyl (C=O) groups excluding carboxylic acids is 2. The lowest BCUT2D eigenvalue weighted by Gasteiger charge is -2.24. The summed E-state index contributed by atoms with van der Waals surface area (Å²) in [6.07, 6.45) is -5.51. The van der Waals surface area contributed by atoms with Crippen molar-refractivity contribution >= 4 is 18.0 Å². The average molecular weight is 490 g/mol. The molecule has 0 saturated carbocycles. The van der Waals surface area contributed by atoms with Crippen LogP contribution in [-0.4, -0.2) is 59.9 Å². The van der Waals surface area contributed by atoms with Gasteiger partial charge in [0.2, 0.25) is 5.91 Å². The van der Waals surface area contributed by atoms with Gasteiger partial charge in [-0.25, -0.2) is 4.79 Å². The molecule has 2 amide bonds. The van der Waals surface area contributed by atoms with Crippen LogP contribution in [-0.2, 0) is 14.3 Å². The van der Waals surface area contributed by atoms with E-state index in [4.69, 9.17) is 4.74 Å². The van der Waals surface area contributed by atoms with Crippen molar-refractivity contribution < 1.29 is 37.4 Å².